The number of sulfone groups is 1. The lowest BCUT2D eigenvalue weighted by Crippen LogP contribution is -2.31. The zero-order valence-electron chi connectivity index (χ0n) is 9.53. The molecule has 0 aliphatic heterocycles. The number of nitrogens with one attached hydrogen (secondary N) is 1. The SMILES string of the molecule is CS(=O)(=O)CCC(=O)NCC1(CCO)CC1. The van der Waals surface area contributed by atoms with E-state index in [0.29, 0.717) is 13.0 Å². The van der Waals surface area contributed by atoms with Crippen LogP contribution in [0.25, 0.3) is 0 Å². The van der Waals surface area contributed by atoms with E-state index in [1.165, 1.54) is 0 Å². The fourth-order valence-electron chi connectivity index (χ4n) is 1.58. The van der Waals surface area contributed by atoms with Crippen molar-refractivity contribution < 1.29 is 18.3 Å². The summed E-state index contributed by atoms with van der Waals surface area (Å²) in [5.41, 5.74) is 0.0789. The van der Waals surface area contributed by atoms with Crippen molar-refractivity contribution in [2.24, 2.45) is 5.41 Å². The Hall–Kier alpha value is -0.620. The van der Waals surface area contributed by atoms with Gasteiger partial charge in [-0.2, -0.15) is 0 Å². The molecule has 1 fully saturated rings. The van der Waals surface area contributed by atoms with Gasteiger partial charge in [-0.15, -0.1) is 0 Å². The van der Waals surface area contributed by atoms with E-state index in [-0.39, 0.29) is 30.1 Å². The van der Waals surface area contributed by atoms with E-state index in [2.05, 4.69) is 5.32 Å². The first kappa shape index (κ1) is 13.4. The molecule has 2 N–H and O–H groups in total. The molecule has 0 unspecified atom stereocenters. The average Bonchev–Trinajstić information content (AvgIpc) is 2.92. The number of aliphatic hydroxyl groups excluding tert-OH is 1. The summed E-state index contributed by atoms with van der Waals surface area (Å²) in [4.78, 5) is 11.3. The van der Waals surface area contributed by atoms with Gasteiger partial charge in [-0.25, -0.2) is 8.42 Å². The quantitative estimate of drug-likeness (QED) is 0.649. The number of carbonyl (C=O) groups excluding carboxylic acids is 1. The van der Waals surface area contributed by atoms with E-state index < -0.39 is 9.84 Å². The van der Waals surface area contributed by atoms with Gasteiger partial charge in [-0.3, -0.25) is 4.79 Å². The fraction of sp³-hybridized carbons (Fsp3) is 0.900. The van der Waals surface area contributed by atoms with Gasteiger partial charge in [0.1, 0.15) is 9.84 Å². The molecule has 0 atom stereocenters. The maximum atomic E-state index is 11.3. The van der Waals surface area contributed by atoms with Gasteiger partial charge in [0.25, 0.3) is 0 Å². The lowest BCUT2D eigenvalue weighted by atomic mass is 10.0. The van der Waals surface area contributed by atoms with Crippen molar-refractivity contribution >= 4 is 15.7 Å². The van der Waals surface area contributed by atoms with Crippen LogP contribution in [-0.2, 0) is 14.6 Å². The molecule has 0 heterocycles. The van der Waals surface area contributed by atoms with Crippen molar-refractivity contribution in [1.82, 2.24) is 5.32 Å². The number of hydrogen-bond donors (Lipinski definition) is 2. The predicted molar refractivity (Wildman–Crippen MR) is 60.7 cm³/mol. The summed E-state index contributed by atoms with van der Waals surface area (Å²) in [5.74, 6) is -0.333. The Labute approximate surface area is 96.1 Å². The van der Waals surface area contributed by atoms with Crippen LogP contribution in [0.5, 0.6) is 0 Å². The van der Waals surface area contributed by atoms with Crippen molar-refractivity contribution in [1.29, 1.82) is 0 Å². The second kappa shape index (κ2) is 5.14. The number of aliphatic hydroxyl groups is 1. The summed E-state index contributed by atoms with van der Waals surface area (Å²) in [6.07, 6.45) is 3.90. The molecule has 1 rings (SSSR count). The van der Waals surface area contributed by atoms with Crippen LogP contribution in [0, 0.1) is 5.41 Å². The fourth-order valence-corrected chi connectivity index (χ4v) is 2.14. The number of rotatable bonds is 7. The van der Waals surface area contributed by atoms with Gasteiger partial charge < -0.3 is 10.4 Å². The molecule has 0 radical (unpaired) electrons. The molecule has 1 aliphatic carbocycles. The first-order valence-electron chi connectivity index (χ1n) is 5.42. The minimum absolute atomic E-state index is 0.0219. The third-order valence-electron chi connectivity index (χ3n) is 2.96. The summed E-state index contributed by atoms with van der Waals surface area (Å²) in [5, 5.41) is 11.6. The van der Waals surface area contributed by atoms with Gasteiger partial charge in [-0.1, -0.05) is 0 Å². The van der Waals surface area contributed by atoms with E-state index in [1.54, 1.807) is 0 Å². The average molecular weight is 249 g/mol. The highest BCUT2D eigenvalue weighted by molar-refractivity contribution is 7.90. The van der Waals surface area contributed by atoms with Crippen LogP contribution in [-0.4, -0.2) is 44.6 Å². The third kappa shape index (κ3) is 4.94. The highest BCUT2D eigenvalue weighted by Gasteiger charge is 2.41. The topological polar surface area (TPSA) is 83.5 Å². The molecule has 1 amide bonds. The molecular weight excluding hydrogens is 230 g/mol. The standard InChI is InChI=1S/C10H19NO4S/c1-16(14,15)7-2-9(13)11-8-10(3-4-10)5-6-12/h12H,2-8H2,1H3,(H,11,13). The maximum Gasteiger partial charge on any atom is 0.221 e. The minimum Gasteiger partial charge on any atom is -0.396 e. The van der Waals surface area contributed by atoms with E-state index in [4.69, 9.17) is 5.11 Å². The van der Waals surface area contributed by atoms with Crippen LogP contribution in [0.1, 0.15) is 25.7 Å². The number of carbonyl (C=O) groups is 1. The molecule has 0 bridgehead atoms. The van der Waals surface area contributed by atoms with Gasteiger partial charge in [0, 0.05) is 25.8 Å². The monoisotopic (exact) mass is 249 g/mol. The molecule has 1 saturated carbocycles. The second-order valence-corrected chi connectivity index (χ2v) is 6.89. The van der Waals surface area contributed by atoms with Crippen molar-refractivity contribution in [2.45, 2.75) is 25.7 Å². The molecule has 16 heavy (non-hydrogen) atoms. The van der Waals surface area contributed by atoms with Gasteiger partial charge in [0.05, 0.1) is 5.75 Å². The number of amides is 1. The first-order valence-corrected chi connectivity index (χ1v) is 7.48. The van der Waals surface area contributed by atoms with Gasteiger partial charge in [0.15, 0.2) is 0 Å². The van der Waals surface area contributed by atoms with E-state index in [9.17, 15) is 13.2 Å². The smallest absolute Gasteiger partial charge is 0.221 e. The largest absolute Gasteiger partial charge is 0.396 e. The van der Waals surface area contributed by atoms with Crippen LogP contribution in [0.15, 0.2) is 0 Å². The molecule has 0 aromatic rings. The van der Waals surface area contributed by atoms with Gasteiger partial charge in [-0.05, 0) is 24.7 Å². The lowest BCUT2D eigenvalue weighted by Gasteiger charge is -2.14. The van der Waals surface area contributed by atoms with Crippen LogP contribution in [0.3, 0.4) is 0 Å². The maximum absolute atomic E-state index is 11.3. The van der Waals surface area contributed by atoms with Crippen LogP contribution >= 0.6 is 0 Å². The zero-order valence-corrected chi connectivity index (χ0v) is 10.3. The summed E-state index contributed by atoms with van der Waals surface area (Å²) in [7, 11) is -3.07. The predicted octanol–water partition coefficient (Wildman–Crippen LogP) is -0.300. The van der Waals surface area contributed by atoms with Crippen molar-refractivity contribution in [3.8, 4) is 0 Å². The minimum atomic E-state index is -3.07. The van der Waals surface area contributed by atoms with Crippen LogP contribution in [0.4, 0.5) is 0 Å². The van der Waals surface area contributed by atoms with E-state index in [0.717, 1.165) is 19.1 Å². The Morgan fingerprint density at radius 3 is 2.50 bits per heavy atom. The first-order chi connectivity index (χ1) is 7.37. The zero-order chi connectivity index (χ0) is 12.2. The molecular formula is C10H19NO4S. The summed E-state index contributed by atoms with van der Waals surface area (Å²) in [6, 6.07) is 0. The summed E-state index contributed by atoms with van der Waals surface area (Å²) < 4.78 is 21.7. The molecule has 0 aromatic heterocycles. The molecule has 0 spiro atoms. The Kier molecular flexibility index (Phi) is 4.32. The Bertz CT molecular complexity index is 346. The van der Waals surface area contributed by atoms with E-state index >= 15 is 0 Å². The highest BCUT2D eigenvalue weighted by atomic mass is 32.2. The van der Waals surface area contributed by atoms with Crippen LogP contribution < -0.4 is 5.32 Å². The summed E-state index contributed by atoms with van der Waals surface area (Å²) >= 11 is 0. The van der Waals surface area contributed by atoms with Gasteiger partial charge in [0.2, 0.25) is 5.91 Å². The molecule has 6 heteroatoms. The van der Waals surface area contributed by atoms with Gasteiger partial charge >= 0.3 is 0 Å². The highest BCUT2D eigenvalue weighted by Crippen LogP contribution is 2.47. The Morgan fingerprint density at radius 1 is 1.44 bits per heavy atom. The Morgan fingerprint density at radius 2 is 2.06 bits per heavy atom. The van der Waals surface area contributed by atoms with Crippen molar-refractivity contribution in [2.75, 3.05) is 25.2 Å². The molecule has 94 valence electrons. The van der Waals surface area contributed by atoms with Crippen molar-refractivity contribution in [3.63, 3.8) is 0 Å². The summed E-state index contributed by atoms with van der Waals surface area (Å²) in [6.45, 7) is 0.690. The normalized spacial score (nSPS) is 18.1. The second-order valence-electron chi connectivity index (χ2n) is 4.63. The third-order valence-corrected chi connectivity index (χ3v) is 3.91. The molecule has 1 aliphatic rings. The van der Waals surface area contributed by atoms with Crippen LogP contribution in [0.2, 0.25) is 0 Å². The Balaban J connectivity index is 2.21. The molecule has 0 saturated heterocycles. The lowest BCUT2D eigenvalue weighted by molar-refractivity contribution is -0.121. The molecule has 0 aromatic carbocycles. The molecule has 5 nitrogen and oxygen atoms in total. The van der Waals surface area contributed by atoms with E-state index in [1.807, 2.05) is 0 Å². The van der Waals surface area contributed by atoms with Crippen molar-refractivity contribution in [3.05, 3.63) is 0 Å². The number of hydrogen-bond acceptors (Lipinski definition) is 4.